The summed E-state index contributed by atoms with van der Waals surface area (Å²) in [6, 6.07) is 4.30. The molecule has 0 heterocycles. The first-order chi connectivity index (χ1) is 8.62. The molecule has 3 nitrogen and oxygen atoms in total. The van der Waals surface area contributed by atoms with Gasteiger partial charge in [0.1, 0.15) is 5.82 Å². The maximum atomic E-state index is 13.2. The lowest BCUT2D eigenvalue weighted by atomic mass is 9.99. The van der Waals surface area contributed by atoms with Crippen molar-refractivity contribution < 1.29 is 14.3 Å². The van der Waals surface area contributed by atoms with Crippen LogP contribution in [0.5, 0.6) is 0 Å². The minimum Gasteiger partial charge on any atom is -0.480 e. The first-order valence-electron chi connectivity index (χ1n) is 6.06. The molecule has 0 bridgehead atoms. The minimum absolute atomic E-state index is 0.0496. The third kappa shape index (κ3) is 4.18. The summed E-state index contributed by atoms with van der Waals surface area (Å²) in [7, 11) is 0. The van der Waals surface area contributed by atoms with Crippen LogP contribution >= 0.6 is 11.6 Å². The minimum atomic E-state index is -0.894. The van der Waals surface area contributed by atoms with Gasteiger partial charge in [0.2, 0.25) is 0 Å². The summed E-state index contributed by atoms with van der Waals surface area (Å²) in [4.78, 5) is 12.8. The van der Waals surface area contributed by atoms with Gasteiger partial charge in [-0.3, -0.25) is 9.69 Å². The summed E-state index contributed by atoms with van der Waals surface area (Å²) in [5.74, 6) is -1.37. The maximum absolute atomic E-state index is 13.2. The fourth-order valence-corrected chi connectivity index (χ4v) is 2.24. The zero-order valence-electron chi connectivity index (χ0n) is 11.6. The smallest absolute Gasteiger partial charge is 0.317 e. The molecule has 0 spiro atoms. The topological polar surface area (TPSA) is 40.5 Å². The van der Waals surface area contributed by atoms with Crippen molar-refractivity contribution >= 4 is 17.6 Å². The van der Waals surface area contributed by atoms with Gasteiger partial charge in [0.05, 0.1) is 11.6 Å². The number of halogens is 2. The Bertz CT molecular complexity index is 471. The number of aliphatic carboxylic acids is 1. The Morgan fingerprint density at radius 3 is 2.47 bits per heavy atom. The maximum Gasteiger partial charge on any atom is 0.317 e. The average molecular weight is 288 g/mol. The first-order valence-corrected chi connectivity index (χ1v) is 6.44. The van der Waals surface area contributed by atoms with Gasteiger partial charge in [-0.2, -0.15) is 0 Å². The van der Waals surface area contributed by atoms with E-state index in [1.54, 1.807) is 12.1 Å². The quantitative estimate of drug-likeness (QED) is 0.917. The van der Waals surface area contributed by atoms with Gasteiger partial charge < -0.3 is 5.11 Å². The molecule has 5 heteroatoms. The molecule has 106 valence electrons. The van der Waals surface area contributed by atoms with E-state index in [1.165, 1.54) is 6.07 Å². The van der Waals surface area contributed by atoms with E-state index in [0.717, 1.165) is 5.56 Å². The monoisotopic (exact) mass is 287 g/mol. The van der Waals surface area contributed by atoms with Gasteiger partial charge in [-0.25, -0.2) is 4.39 Å². The van der Waals surface area contributed by atoms with E-state index in [2.05, 4.69) is 0 Å². The molecule has 1 atom stereocenters. The second-order valence-corrected chi connectivity index (χ2v) is 5.95. The lowest BCUT2D eigenvalue weighted by Gasteiger charge is -2.39. The molecule has 1 aromatic rings. The molecule has 19 heavy (non-hydrogen) atoms. The number of benzene rings is 1. The molecule has 1 aromatic carbocycles. The summed E-state index contributed by atoms with van der Waals surface area (Å²) in [5, 5.41) is 9.06. The van der Waals surface area contributed by atoms with Gasteiger partial charge in [0.25, 0.3) is 0 Å². The third-order valence-corrected chi connectivity index (χ3v) is 3.35. The predicted molar refractivity (Wildman–Crippen MR) is 73.9 cm³/mol. The van der Waals surface area contributed by atoms with Crippen LogP contribution in [0.4, 0.5) is 4.39 Å². The van der Waals surface area contributed by atoms with E-state index in [4.69, 9.17) is 16.7 Å². The molecule has 0 aromatic heterocycles. The number of hydrogen-bond acceptors (Lipinski definition) is 2. The van der Waals surface area contributed by atoms with Crippen molar-refractivity contribution in [2.45, 2.75) is 39.3 Å². The molecule has 0 fully saturated rings. The van der Waals surface area contributed by atoms with Crippen LogP contribution in [0.25, 0.3) is 0 Å². The molecule has 0 amide bonds. The van der Waals surface area contributed by atoms with Crippen LogP contribution in [-0.2, 0) is 4.79 Å². The lowest BCUT2D eigenvalue weighted by Crippen LogP contribution is -2.45. The average Bonchev–Trinajstić information content (AvgIpc) is 2.27. The Balaban J connectivity index is 3.08. The van der Waals surface area contributed by atoms with Gasteiger partial charge in [-0.1, -0.05) is 17.7 Å². The summed E-state index contributed by atoms with van der Waals surface area (Å²) >= 11 is 5.77. The van der Waals surface area contributed by atoms with Gasteiger partial charge in [0, 0.05) is 11.6 Å². The molecule has 1 N–H and O–H groups in total. The van der Waals surface area contributed by atoms with Crippen LogP contribution in [0, 0.1) is 5.82 Å². The fraction of sp³-hybridized carbons (Fsp3) is 0.500. The van der Waals surface area contributed by atoms with Crippen LogP contribution in [0.15, 0.2) is 18.2 Å². The van der Waals surface area contributed by atoms with Crippen molar-refractivity contribution in [3.8, 4) is 0 Å². The second kappa shape index (κ2) is 5.88. The van der Waals surface area contributed by atoms with E-state index in [1.807, 2.05) is 32.6 Å². The van der Waals surface area contributed by atoms with Crippen molar-refractivity contribution in [1.29, 1.82) is 0 Å². The van der Waals surface area contributed by atoms with Crippen molar-refractivity contribution in [3.63, 3.8) is 0 Å². The third-order valence-electron chi connectivity index (χ3n) is 3.06. The van der Waals surface area contributed by atoms with Crippen molar-refractivity contribution in [2.75, 3.05) is 6.54 Å². The molecule has 1 unspecified atom stereocenters. The molecular weight excluding hydrogens is 269 g/mol. The number of nitrogens with zero attached hydrogens (tertiary/aromatic N) is 1. The Morgan fingerprint density at radius 2 is 2.05 bits per heavy atom. The summed E-state index contributed by atoms with van der Waals surface area (Å²) in [6.07, 6.45) is 0. The largest absolute Gasteiger partial charge is 0.480 e. The van der Waals surface area contributed by atoms with Crippen LogP contribution in [-0.4, -0.2) is 28.1 Å². The van der Waals surface area contributed by atoms with Gasteiger partial charge >= 0.3 is 5.97 Å². The molecule has 0 aliphatic heterocycles. The van der Waals surface area contributed by atoms with Gasteiger partial charge in [-0.15, -0.1) is 0 Å². The Morgan fingerprint density at radius 1 is 1.47 bits per heavy atom. The van der Waals surface area contributed by atoms with E-state index < -0.39 is 11.8 Å². The van der Waals surface area contributed by atoms with E-state index in [0.29, 0.717) is 0 Å². The highest BCUT2D eigenvalue weighted by Crippen LogP contribution is 2.29. The van der Waals surface area contributed by atoms with Gasteiger partial charge in [-0.05, 0) is 45.4 Å². The summed E-state index contributed by atoms with van der Waals surface area (Å²) in [5.41, 5.74) is 0.473. The van der Waals surface area contributed by atoms with E-state index >= 15 is 0 Å². The molecular formula is C14H19ClFNO2. The molecule has 0 saturated heterocycles. The van der Waals surface area contributed by atoms with Crippen LogP contribution in [0.2, 0.25) is 5.02 Å². The predicted octanol–water partition coefficient (Wildman–Crippen LogP) is 3.73. The standard InChI is InChI=1S/C14H19ClFNO2/c1-9(10-5-6-12(16)11(15)7-10)17(8-13(18)19)14(2,3)4/h5-7,9H,8H2,1-4H3,(H,18,19). The van der Waals surface area contributed by atoms with Crippen molar-refractivity contribution in [1.82, 2.24) is 4.90 Å². The van der Waals surface area contributed by atoms with E-state index in [-0.39, 0.29) is 23.1 Å². The molecule has 0 saturated carbocycles. The number of carboxylic acids is 1. The summed E-state index contributed by atoms with van der Waals surface area (Å²) < 4.78 is 13.2. The Kier molecular flexibility index (Phi) is 4.93. The number of carboxylic acid groups (broad SMARTS) is 1. The molecule has 0 radical (unpaired) electrons. The Labute approximate surface area is 118 Å². The second-order valence-electron chi connectivity index (χ2n) is 5.54. The number of hydrogen-bond donors (Lipinski definition) is 1. The van der Waals surface area contributed by atoms with E-state index in [9.17, 15) is 9.18 Å². The van der Waals surface area contributed by atoms with Gasteiger partial charge in [0.15, 0.2) is 0 Å². The molecule has 0 aliphatic rings. The number of carbonyl (C=O) groups is 1. The molecule has 0 aliphatic carbocycles. The Hall–Kier alpha value is -1.13. The first kappa shape index (κ1) is 15.9. The van der Waals surface area contributed by atoms with Crippen LogP contribution in [0.1, 0.15) is 39.3 Å². The van der Waals surface area contributed by atoms with Crippen LogP contribution < -0.4 is 0 Å². The number of rotatable bonds is 4. The lowest BCUT2D eigenvalue weighted by molar-refractivity contribution is -0.140. The van der Waals surface area contributed by atoms with Crippen LogP contribution in [0.3, 0.4) is 0 Å². The molecule has 1 rings (SSSR count). The van der Waals surface area contributed by atoms with Crippen molar-refractivity contribution in [2.24, 2.45) is 0 Å². The zero-order valence-corrected chi connectivity index (χ0v) is 12.3. The summed E-state index contributed by atoms with van der Waals surface area (Å²) in [6.45, 7) is 7.63. The highest BCUT2D eigenvalue weighted by molar-refractivity contribution is 6.30. The highest BCUT2D eigenvalue weighted by Gasteiger charge is 2.29. The van der Waals surface area contributed by atoms with Crippen molar-refractivity contribution in [3.05, 3.63) is 34.6 Å². The normalized spacial score (nSPS) is 13.6. The fourth-order valence-electron chi connectivity index (χ4n) is 2.05. The SMILES string of the molecule is CC(c1ccc(F)c(Cl)c1)N(CC(=O)O)C(C)(C)C. The zero-order chi connectivity index (χ0) is 14.8. The highest BCUT2D eigenvalue weighted by atomic mass is 35.5.